The summed E-state index contributed by atoms with van der Waals surface area (Å²) in [7, 11) is -3.50. The number of phenolic OH excluding ortho intramolecular Hbond substituents is 2. The predicted molar refractivity (Wildman–Crippen MR) is 150 cm³/mol. The van der Waals surface area contributed by atoms with Crippen LogP contribution in [0.2, 0.25) is 0 Å². The Labute approximate surface area is 233 Å². The van der Waals surface area contributed by atoms with Crippen LogP contribution in [0.1, 0.15) is 44.7 Å². The largest absolute Gasteiger partial charge is 0.508 e. The summed E-state index contributed by atoms with van der Waals surface area (Å²) >= 11 is 0. The molecule has 0 saturated carbocycles. The third kappa shape index (κ3) is 6.75. The quantitative estimate of drug-likeness (QED) is 0.335. The number of phenols is 2. The minimum Gasteiger partial charge on any atom is -0.508 e. The number of nitrogens with zero attached hydrogens (tertiary/aromatic N) is 1. The van der Waals surface area contributed by atoms with E-state index >= 15 is 0 Å². The minimum absolute atomic E-state index is 0.0876. The molecule has 1 fully saturated rings. The first-order valence-electron chi connectivity index (χ1n) is 12.9. The maximum atomic E-state index is 14.8. The Kier molecular flexibility index (Phi) is 8.72. The zero-order chi connectivity index (χ0) is 29.2. The first-order valence-corrected chi connectivity index (χ1v) is 14.8. The normalized spacial score (nSPS) is 19.3. The molecule has 10 heteroatoms. The van der Waals surface area contributed by atoms with Crippen molar-refractivity contribution in [2.75, 3.05) is 25.9 Å². The van der Waals surface area contributed by atoms with Gasteiger partial charge in [0.1, 0.15) is 17.3 Å². The highest BCUT2D eigenvalue weighted by Crippen LogP contribution is 2.42. The SMILES string of the molecule is Cc1c(F)cccc1C1[C@@H](C(=O)c2cccc(O)c2)CN(CC(C)NS(C)(=O)=O)C[C@@H]1C(=O)c1cccc(O)c1. The number of halogens is 1. The number of hydrogen-bond donors (Lipinski definition) is 3. The summed E-state index contributed by atoms with van der Waals surface area (Å²) in [5.41, 5.74) is 1.35. The molecule has 8 nitrogen and oxygen atoms in total. The number of carbonyl (C=O) groups excluding carboxylic acids is 2. The lowest BCUT2D eigenvalue weighted by atomic mass is 9.67. The van der Waals surface area contributed by atoms with Crippen molar-refractivity contribution < 1.29 is 32.6 Å². The molecule has 0 aromatic heterocycles. The number of aromatic hydroxyl groups is 2. The summed E-state index contributed by atoms with van der Waals surface area (Å²) in [5.74, 6) is -3.67. The van der Waals surface area contributed by atoms with E-state index in [4.69, 9.17) is 0 Å². The van der Waals surface area contributed by atoms with Crippen molar-refractivity contribution in [1.82, 2.24) is 9.62 Å². The second-order valence-electron chi connectivity index (χ2n) is 10.5. The molecule has 3 aromatic rings. The van der Waals surface area contributed by atoms with E-state index in [0.29, 0.717) is 11.1 Å². The Morgan fingerprint density at radius 1 is 0.950 bits per heavy atom. The number of benzene rings is 3. The summed E-state index contributed by atoms with van der Waals surface area (Å²) in [5, 5.41) is 20.1. The van der Waals surface area contributed by atoms with Gasteiger partial charge in [-0.25, -0.2) is 17.5 Å². The third-order valence-corrected chi connectivity index (χ3v) is 8.16. The molecule has 3 atom stereocenters. The summed E-state index contributed by atoms with van der Waals surface area (Å²) in [6, 6.07) is 16.0. The highest BCUT2D eigenvalue weighted by molar-refractivity contribution is 7.88. The van der Waals surface area contributed by atoms with Crippen LogP contribution in [-0.2, 0) is 10.0 Å². The van der Waals surface area contributed by atoms with Gasteiger partial charge in [0, 0.05) is 54.6 Å². The van der Waals surface area contributed by atoms with Crippen molar-refractivity contribution >= 4 is 21.6 Å². The molecule has 1 unspecified atom stereocenters. The number of likely N-dealkylation sites (tertiary alicyclic amines) is 1. The van der Waals surface area contributed by atoms with Crippen LogP contribution in [0, 0.1) is 24.6 Å². The minimum atomic E-state index is -3.50. The van der Waals surface area contributed by atoms with Crippen molar-refractivity contribution in [2.45, 2.75) is 25.8 Å². The molecule has 0 amide bonds. The molecule has 212 valence electrons. The van der Waals surface area contributed by atoms with E-state index < -0.39 is 39.6 Å². The molecule has 4 rings (SSSR count). The molecule has 3 aromatic carbocycles. The first-order chi connectivity index (χ1) is 18.8. The fraction of sp³-hybridized carbons (Fsp3) is 0.333. The van der Waals surface area contributed by atoms with Gasteiger partial charge in [0.25, 0.3) is 0 Å². The summed E-state index contributed by atoms with van der Waals surface area (Å²) in [4.78, 5) is 30.0. The molecular formula is C30H33FN2O6S. The number of rotatable bonds is 9. The lowest BCUT2D eigenvalue weighted by molar-refractivity contribution is 0.0557. The summed E-state index contributed by atoms with van der Waals surface area (Å²) < 4.78 is 41.1. The van der Waals surface area contributed by atoms with Crippen molar-refractivity contribution in [1.29, 1.82) is 0 Å². The number of ketones is 2. The van der Waals surface area contributed by atoms with Gasteiger partial charge in [-0.05, 0) is 55.3 Å². The van der Waals surface area contributed by atoms with E-state index in [1.54, 1.807) is 50.2 Å². The molecule has 0 bridgehead atoms. The van der Waals surface area contributed by atoms with Gasteiger partial charge >= 0.3 is 0 Å². The molecule has 40 heavy (non-hydrogen) atoms. The number of piperidine rings is 1. The maximum Gasteiger partial charge on any atom is 0.208 e. The van der Waals surface area contributed by atoms with Crippen LogP contribution in [0.3, 0.4) is 0 Å². The topological polar surface area (TPSA) is 124 Å². The number of carbonyl (C=O) groups is 2. The Balaban J connectivity index is 1.85. The van der Waals surface area contributed by atoms with Gasteiger partial charge in [0.15, 0.2) is 11.6 Å². The Bertz CT molecular complexity index is 1460. The number of nitrogens with one attached hydrogen (secondary N) is 1. The summed E-state index contributed by atoms with van der Waals surface area (Å²) in [6.07, 6.45) is 1.06. The Morgan fingerprint density at radius 2 is 1.45 bits per heavy atom. The van der Waals surface area contributed by atoms with Crippen LogP contribution >= 0.6 is 0 Å². The number of sulfonamides is 1. The zero-order valence-corrected chi connectivity index (χ0v) is 23.4. The van der Waals surface area contributed by atoms with E-state index in [9.17, 15) is 32.6 Å². The van der Waals surface area contributed by atoms with Gasteiger partial charge in [0.05, 0.1) is 6.26 Å². The van der Waals surface area contributed by atoms with E-state index in [1.807, 2.05) is 4.90 Å². The van der Waals surface area contributed by atoms with E-state index in [-0.39, 0.29) is 53.8 Å². The van der Waals surface area contributed by atoms with Crippen molar-refractivity contribution in [2.24, 2.45) is 11.8 Å². The zero-order valence-electron chi connectivity index (χ0n) is 22.5. The van der Waals surface area contributed by atoms with Gasteiger partial charge in [-0.1, -0.05) is 36.4 Å². The lowest BCUT2D eigenvalue weighted by Gasteiger charge is -2.44. The molecule has 1 aliphatic rings. The molecule has 1 heterocycles. The molecule has 0 aliphatic carbocycles. The molecule has 3 N–H and O–H groups in total. The predicted octanol–water partition coefficient (Wildman–Crippen LogP) is 3.88. The highest BCUT2D eigenvalue weighted by atomic mass is 32.2. The second-order valence-corrected chi connectivity index (χ2v) is 12.3. The van der Waals surface area contributed by atoms with Crippen LogP contribution in [0.15, 0.2) is 66.7 Å². The van der Waals surface area contributed by atoms with Gasteiger partial charge in [-0.15, -0.1) is 0 Å². The maximum absolute atomic E-state index is 14.8. The fourth-order valence-corrected chi connectivity index (χ4v) is 6.54. The molecular weight excluding hydrogens is 535 g/mol. The fourth-order valence-electron chi connectivity index (χ4n) is 5.73. The third-order valence-electron chi connectivity index (χ3n) is 7.33. The Morgan fingerprint density at radius 3 is 1.93 bits per heavy atom. The number of Topliss-reactive ketones (excluding diaryl/α,β-unsaturated/α-hetero) is 2. The van der Waals surface area contributed by atoms with Crippen molar-refractivity contribution in [3.63, 3.8) is 0 Å². The number of hydrogen-bond acceptors (Lipinski definition) is 7. The highest BCUT2D eigenvalue weighted by Gasteiger charge is 2.45. The molecule has 0 radical (unpaired) electrons. The van der Waals surface area contributed by atoms with Gasteiger partial charge < -0.3 is 15.1 Å². The molecule has 0 spiro atoms. The van der Waals surface area contributed by atoms with Crippen LogP contribution < -0.4 is 4.72 Å². The summed E-state index contributed by atoms with van der Waals surface area (Å²) in [6.45, 7) is 3.88. The standard InChI is InChI=1S/C30H33FN2O6S/c1-18(32-40(3,38)39)15-33-16-25(29(36)20-7-4-9-22(34)13-20)28(24-11-6-12-27(31)19(24)2)26(17-33)30(37)21-8-5-10-23(35)14-21/h4-14,18,25-26,28,32,34-35H,15-17H2,1-3H3/t18?,25-,26-/m0/s1. The van der Waals surface area contributed by atoms with Crippen molar-refractivity contribution in [3.8, 4) is 11.5 Å². The van der Waals surface area contributed by atoms with Crippen LogP contribution in [-0.4, -0.2) is 67.0 Å². The van der Waals surface area contributed by atoms with E-state index in [2.05, 4.69) is 4.72 Å². The lowest BCUT2D eigenvalue weighted by Crippen LogP contribution is -2.53. The van der Waals surface area contributed by atoms with Gasteiger partial charge in [0.2, 0.25) is 10.0 Å². The first kappa shape index (κ1) is 29.4. The Hall–Kier alpha value is -3.60. The second kappa shape index (κ2) is 11.9. The van der Waals surface area contributed by atoms with Crippen molar-refractivity contribution in [3.05, 3.63) is 94.8 Å². The van der Waals surface area contributed by atoms with Crippen LogP contribution in [0.25, 0.3) is 0 Å². The van der Waals surface area contributed by atoms with Gasteiger partial charge in [-0.2, -0.15) is 0 Å². The van der Waals surface area contributed by atoms with E-state index in [1.165, 1.54) is 30.3 Å². The molecule has 1 aliphatic heterocycles. The van der Waals surface area contributed by atoms with Crippen LogP contribution in [0.5, 0.6) is 11.5 Å². The van der Waals surface area contributed by atoms with E-state index in [0.717, 1.165) is 6.26 Å². The average Bonchev–Trinajstić information content (AvgIpc) is 2.88. The average molecular weight is 569 g/mol. The molecule has 1 saturated heterocycles. The van der Waals surface area contributed by atoms with Gasteiger partial charge in [-0.3, -0.25) is 9.59 Å². The smallest absolute Gasteiger partial charge is 0.208 e. The monoisotopic (exact) mass is 568 g/mol. The van der Waals surface area contributed by atoms with Crippen LogP contribution in [0.4, 0.5) is 4.39 Å².